The van der Waals surface area contributed by atoms with Gasteiger partial charge in [-0.15, -0.1) is 0 Å². The minimum atomic E-state index is -1.32. The van der Waals surface area contributed by atoms with Crippen LogP contribution >= 0.6 is 0 Å². The highest BCUT2D eigenvalue weighted by Crippen LogP contribution is 2.25. The molecule has 2 N–H and O–H groups in total. The molecule has 1 amide bonds. The van der Waals surface area contributed by atoms with E-state index < -0.39 is 26.0 Å². The SMILES string of the molecule is COC(=O)[C@H](Cc1ccc(O)cc1OC)NC(=O)/C=C/C=C/[Si](C)(C)C. The molecule has 0 unspecified atom stereocenters. The van der Waals surface area contributed by atoms with Crippen molar-refractivity contribution in [3.05, 3.63) is 47.7 Å². The second-order valence-corrected chi connectivity index (χ2v) is 11.9. The zero-order chi connectivity index (χ0) is 19.7. The maximum Gasteiger partial charge on any atom is 0.328 e. The van der Waals surface area contributed by atoms with E-state index >= 15 is 0 Å². The van der Waals surface area contributed by atoms with Crippen LogP contribution in [0.25, 0.3) is 0 Å². The molecule has 0 heterocycles. The van der Waals surface area contributed by atoms with Crippen molar-refractivity contribution < 1.29 is 24.2 Å². The molecule has 142 valence electrons. The molecule has 0 fully saturated rings. The van der Waals surface area contributed by atoms with Crippen LogP contribution in [0.5, 0.6) is 11.5 Å². The summed E-state index contributed by atoms with van der Waals surface area (Å²) in [6.07, 6.45) is 5.06. The van der Waals surface area contributed by atoms with E-state index in [1.165, 1.54) is 32.4 Å². The molecule has 1 aromatic carbocycles. The van der Waals surface area contributed by atoms with Crippen LogP contribution in [0.3, 0.4) is 0 Å². The summed E-state index contributed by atoms with van der Waals surface area (Å²) in [4.78, 5) is 24.1. The molecule has 7 heteroatoms. The number of nitrogens with one attached hydrogen (secondary N) is 1. The number of aromatic hydroxyl groups is 1. The van der Waals surface area contributed by atoms with Crippen molar-refractivity contribution in [1.82, 2.24) is 5.32 Å². The number of rotatable bonds is 8. The van der Waals surface area contributed by atoms with Gasteiger partial charge in [0.15, 0.2) is 0 Å². The van der Waals surface area contributed by atoms with Crippen molar-refractivity contribution >= 4 is 20.0 Å². The number of carbonyl (C=O) groups excluding carboxylic acids is 2. The Morgan fingerprint density at radius 1 is 1.23 bits per heavy atom. The zero-order valence-corrected chi connectivity index (χ0v) is 16.9. The second kappa shape index (κ2) is 9.81. The van der Waals surface area contributed by atoms with Gasteiger partial charge in [-0.3, -0.25) is 4.79 Å². The van der Waals surface area contributed by atoms with Crippen LogP contribution in [0.15, 0.2) is 42.1 Å². The van der Waals surface area contributed by atoms with Gasteiger partial charge in [-0.1, -0.05) is 43.6 Å². The average Bonchev–Trinajstić information content (AvgIpc) is 2.57. The molecule has 26 heavy (non-hydrogen) atoms. The van der Waals surface area contributed by atoms with E-state index in [0.29, 0.717) is 11.3 Å². The summed E-state index contributed by atoms with van der Waals surface area (Å²) in [6, 6.07) is 3.72. The molecule has 0 bridgehead atoms. The molecular weight excluding hydrogens is 350 g/mol. The maximum absolute atomic E-state index is 12.1. The number of carbonyl (C=O) groups is 2. The Bertz CT molecular complexity index is 692. The van der Waals surface area contributed by atoms with Crippen molar-refractivity contribution in [3.63, 3.8) is 0 Å². The Kier molecular flexibility index (Phi) is 8.12. The molecule has 0 aliphatic rings. The Balaban J connectivity index is 2.85. The van der Waals surface area contributed by atoms with Gasteiger partial charge in [0, 0.05) is 18.6 Å². The molecule has 0 aromatic heterocycles. The molecule has 0 saturated carbocycles. The summed E-state index contributed by atoms with van der Waals surface area (Å²) < 4.78 is 9.99. The summed E-state index contributed by atoms with van der Waals surface area (Å²) in [7, 11) is 1.41. The van der Waals surface area contributed by atoms with E-state index in [-0.39, 0.29) is 12.2 Å². The predicted octanol–water partition coefficient (Wildman–Crippen LogP) is 2.59. The van der Waals surface area contributed by atoms with Gasteiger partial charge in [0.1, 0.15) is 17.5 Å². The van der Waals surface area contributed by atoms with Crippen molar-refractivity contribution in [2.24, 2.45) is 0 Å². The Hall–Kier alpha value is -2.54. The summed E-state index contributed by atoms with van der Waals surface area (Å²) >= 11 is 0. The Labute approximate surface area is 155 Å². The number of allylic oxidation sites excluding steroid dienone is 2. The standard InChI is InChI=1S/C19H27NO5Si/c1-24-17-13-15(21)10-9-14(17)12-16(19(23)25-2)20-18(22)8-6-7-11-26(3,4)5/h6-11,13,16,21H,12H2,1-5H3,(H,20,22)/b8-6+,11-7+/t16-/m0/s1. The first-order valence-electron chi connectivity index (χ1n) is 8.26. The van der Waals surface area contributed by atoms with E-state index in [1.807, 2.05) is 6.08 Å². The fourth-order valence-electron chi connectivity index (χ4n) is 2.16. The fraction of sp³-hybridized carbons (Fsp3) is 0.368. The Morgan fingerprint density at radius 3 is 2.50 bits per heavy atom. The van der Waals surface area contributed by atoms with Crippen LogP contribution in [0, 0.1) is 0 Å². The third-order valence-corrected chi connectivity index (χ3v) is 4.64. The minimum Gasteiger partial charge on any atom is -0.508 e. The highest BCUT2D eigenvalue weighted by Gasteiger charge is 2.22. The third-order valence-electron chi connectivity index (χ3n) is 3.45. The lowest BCUT2D eigenvalue weighted by Crippen LogP contribution is -2.42. The molecule has 0 spiro atoms. The van der Waals surface area contributed by atoms with Crippen molar-refractivity contribution in [3.8, 4) is 11.5 Å². The van der Waals surface area contributed by atoms with Crippen molar-refractivity contribution in [2.75, 3.05) is 14.2 Å². The summed E-state index contributed by atoms with van der Waals surface area (Å²) in [5, 5.41) is 12.2. The van der Waals surface area contributed by atoms with E-state index in [1.54, 1.807) is 12.1 Å². The third kappa shape index (κ3) is 7.56. The summed E-state index contributed by atoms with van der Waals surface area (Å²) in [5.41, 5.74) is 2.78. The first kappa shape index (κ1) is 21.5. The summed E-state index contributed by atoms with van der Waals surface area (Å²) in [6.45, 7) is 6.57. The van der Waals surface area contributed by atoms with Gasteiger partial charge >= 0.3 is 5.97 Å². The van der Waals surface area contributed by atoms with Crippen molar-refractivity contribution in [1.29, 1.82) is 0 Å². The van der Waals surface area contributed by atoms with Crippen LogP contribution in [0.2, 0.25) is 19.6 Å². The van der Waals surface area contributed by atoms with Crippen LogP contribution in [0.1, 0.15) is 5.56 Å². The van der Waals surface area contributed by atoms with Gasteiger partial charge in [-0.05, 0) is 11.6 Å². The molecule has 1 aromatic rings. The smallest absolute Gasteiger partial charge is 0.328 e. The molecule has 6 nitrogen and oxygen atoms in total. The predicted molar refractivity (Wildman–Crippen MR) is 104 cm³/mol. The second-order valence-electron chi connectivity index (χ2n) is 6.87. The fourth-order valence-corrected chi connectivity index (χ4v) is 2.85. The number of benzene rings is 1. The lowest BCUT2D eigenvalue weighted by Gasteiger charge is -2.17. The highest BCUT2D eigenvalue weighted by molar-refractivity contribution is 6.81. The number of amides is 1. The van der Waals surface area contributed by atoms with Crippen LogP contribution in [-0.4, -0.2) is 45.3 Å². The molecule has 1 atom stereocenters. The number of hydrogen-bond donors (Lipinski definition) is 2. The van der Waals surface area contributed by atoms with E-state index in [0.717, 1.165) is 0 Å². The number of esters is 1. The maximum atomic E-state index is 12.1. The van der Waals surface area contributed by atoms with E-state index in [9.17, 15) is 14.7 Å². The molecule has 0 saturated heterocycles. The first-order chi connectivity index (χ1) is 12.2. The van der Waals surface area contributed by atoms with E-state index in [2.05, 4.69) is 30.7 Å². The largest absolute Gasteiger partial charge is 0.508 e. The van der Waals surface area contributed by atoms with Crippen LogP contribution < -0.4 is 10.1 Å². The molecule has 0 aliphatic carbocycles. The summed E-state index contributed by atoms with van der Waals surface area (Å²) in [5.74, 6) is -0.457. The lowest BCUT2D eigenvalue weighted by atomic mass is 10.0. The molecule has 0 aliphatic heterocycles. The van der Waals surface area contributed by atoms with Crippen LogP contribution in [0.4, 0.5) is 0 Å². The van der Waals surface area contributed by atoms with Crippen molar-refractivity contribution in [2.45, 2.75) is 32.1 Å². The molecule has 0 radical (unpaired) electrons. The normalized spacial score (nSPS) is 13.0. The van der Waals surface area contributed by atoms with E-state index in [4.69, 9.17) is 9.47 Å². The van der Waals surface area contributed by atoms with Gasteiger partial charge in [-0.25, -0.2) is 4.79 Å². The number of ether oxygens (including phenoxy) is 2. The quantitative estimate of drug-likeness (QED) is 0.315. The highest BCUT2D eigenvalue weighted by atomic mass is 28.3. The lowest BCUT2D eigenvalue weighted by molar-refractivity contribution is -0.144. The van der Waals surface area contributed by atoms with Gasteiger partial charge in [0.05, 0.1) is 22.3 Å². The van der Waals surface area contributed by atoms with Crippen LogP contribution in [-0.2, 0) is 20.7 Å². The van der Waals surface area contributed by atoms with Gasteiger partial charge in [0.25, 0.3) is 0 Å². The number of methoxy groups -OCH3 is 2. The zero-order valence-electron chi connectivity index (χ0n) is 15.9. The number of phenolic OH excluding ortho intramolecular Hbond substituents is 1. The van der Waals surface area contributed by atoms with Gasteiger partial charge in [0.2, 0.25) is 5.91 Å². The topological polar surface area (TPSA) is 84.9 Å². The first-order valence-corrected chi connectivity index (χ1v) is 11.8. The number of phenols is 1. The average molecular weight is 378 g/mol. The monoisotopic (exact) mass is 377 g/mol. The number of hydrogen-bond acceptors (Lipinski definition) is 5. The van der Waals surface area contributed by atoms with Gasteiger partial charge < -0.3 is 19.9 Å². The minimum absolute atomic E-state index is 0.0568. The Morgan fingerprint density at radius 2 is 1.92 bits per heavy atom. The van der Waals surface area contributed by atoms with Gasteiger partial charge in [-0.2, -0.15) is 0 Å². The molecular formula is C19H27NO5Si. The molecule has 1 rings (SSSR count).